The maximum atomic E-state index is 13.8. The molecule has 8 nitrogen and oxygen atoms in total. The number of rotatable bonds is 9. The molecule has 41 heavy (non-hydrogen) atoms. The number of nitrogens with zero attached hydrogens (tertiary/aromatic N) is 5. The number of alkyl halides is 2. The van der Waals surface area contributed by atoms with E-state index in [0.29, 0.717) is 18.2 Å². The summed E-state index contributed by atoms with van der Waals surface area (Å²) in [7, 11) is 1.52. The van der Waals surface area contributed by atoms with Crippen molar-refractivity contribution in [3.63, 3.8) is 0 Å². The number of carbonyl (C=O) groups excluding carboxylic acids is 1. The van der Waals surface area contributed by atoms with Crippen LogP contribution >= 0.6 is 0 Å². The molecule has 5 aliphatic carbocycles. The van der Waals surface area contributed by atoms with Gasteiger partial charge in [-0.3, -0.25) is 4.79 Å². The van der Waals surface area contributed by atoms with Gasteiger partial charge in [0, 0.05) is 54.6 Å². The standard InChI is InChI=1S/C31H35F2N5O3/c1-40-28-34-14-7-24(35-28)22-3-2-4-23(16-22)38(25(39)15-20-17-31(32,33)18-20)19-29-8-11-30(12-9-29,13-10-29)27-36-26(37-41-27)21-5-6-21/h2-4,7,14,16,20-21H,5-6,8-13,15,17-19H2,1H3. The second-order valence-corrected chi connectivity index (χ2v) is 12.8. The van der Waals surface area contributed by atoms with Gasteiger partial charge in [0.2, 0.25) is 17.7 Å². The van der Waals surface area contributed by atoms with Crippen molar-refractivity contribution >= 4 is 11.6 Å². The number of carbonyl (C=O) groups is 1. The van der Waals surface area contributed by atoms with Gasteiger partial charge in [0.15, 0.2) is 5.82 Å². The first-order valence-corrected chi connectivity index (χ1v) is 14.8. The third-order valence-electron chi connectivity index (χ3n) is 9.94. The minimum atomic E-state index is -2.65. The van der Waals surface area contributed by atoms with Crippen LogP contribution in [0.4, 0.5) is 14.5 Å². The first-order valence-electron chi connectivity index (χ1n) is 14.8. The molecule has 8 rings (SSSR count). The van der Waals surface area contributed by atoms with Crippen molar-refractivity contribution in [2.45, 2.75) is 87.9 Å². The average molecular weight is 564 g/mol. The highest BCUT2D eigenvalue weighted by Crippen LogP contribution is 2.58. The Labute approximate surface area is 237 Å². The van der Waals surface area contributed by atoms with Gasteiger partial charge in [-0.2, -0.15) is 9.97 Å². The van der Waals surface area contributed by atoms with Crippen molar-refractivity contribution in [1.29, 1.82) is 0 Å². The normalized spacial score (nSPS) is 26.9. The molecule has 0 atom stereocenters. The van der Waals surface area contributed by atoms with Crippen LogP contribution in [0.15, 0.2) is 41.1 Å². The largest absolute Gasteiger partial charge is 0.467 e. The second kappa shape index (κ2) is 9.84. The molecule has 10 heteroatoms. The molecule has 0 unspecified atom stereocenters. The highest BCUT2D eigenvalue weighted by Gasteiger charge is 2.53. The van der Waals surface area contributed by atoms with Crippen LogP contribution in [0, 0.1) is 11.3 Å². The van der Waals surface area contributed by atoms with Crippen LogP contribution in [0.25, 0.3) is 11.3 Å². The first-order chi connectivity index (χ1) is 19.8. The molecular weight excluding hydrogens is 528 g/mol. The van der Waals surface area contributed by atoms with E-state index >= 15 is 0 Å². The van der Waals surface area contributed by atoms with E-state index in [1.165, 1.54) is 7.11 Å². The van der Waals surface area contributed by atoms with Crippen molar-refractivity contribution in [2.24, 2.45) is 11.3 Å². The molecule has 1 aromatic carbocycles. The van der Waals surface area contributed by atoms with Crippen molar-refractivity contribution in [3.05, 3.63) is 48.2 Å². The van der Waals surface area contributed by atoms with E-state index in [1.54, 1.807) is 12.3 Å². The second-order valence-electron chi connectivity index (χ2n) is 12.8. The number of hydrogen-bond acceptors (Lipinski definition) is 7. The van der Waals surface area contributed by atoms with Crippen LogP contribution in [0.3, 0.4) is 0 Å². The van der Waals surface area contributed by atoms with E-state index in [9.17, 15) is 13.6 Å². The van der Waals surface area contributed by atoms with Gasteiger partial charge < -0.3 is 14.2 Å². The Morgan fingerprint density at radius 2 is 1.83 bits per heavy atom. The summed E-state index contributed by atoms with van der Waals surface area (Å²) in [6, 6.07) is 9.81. The van der Waals surface area contributed by atoms with Gasteiger partial charge in [0.1, 0.15) is 0 Å². The Morgan fingerprint density at radius 3 is 2.51 bits per heavy atom. The third kappa shape index (κ3) is 5.10. The predicted molar refractivity (Wildman–Crippen MR) is 147 cm³/mol. The fourth-order valence-electron chi connectivity index (χ4n) is 7.16. The van der Waals surface area contributed by atoms with Gasteiger partial charge in [-0.05, 0) is 80.9 Å². The number of ether oxygens (including phenoxy) is 1. The van der Waals surface area contributed by atoms with Crippen molar-refractivity contribution < 1.29 is 22.8 Å². The Morgan fingerprint density at radius 1 is 1.07 bits per heavy atom. The molecule has 3 aromatic rings. The molecule has 2 aromatic heterocycles. The molecule has 5 fully saturated rings. The van der Waals surface area contributed by atoms with Gasteiger partial charge >= 0.3 is 6.01 Å². The summed E-state index contributed by atoms with van der Waals surface area (Å²) in [5.41, 5.74) is 2.18. The highest BCUT2D eigenvalue weighted by molar-refractivity contribution is 5.94. The summed E-state index contributed by atoms with van der Waals surface area (Å²) in [6.45, 7) is 0.568. The molecule has 2 bridgehead atoms. The van der Waals surface area contributed by atoms with Crippen molar-refractivity contribution in [1.82, 2.24) is 20.1 Å². The van der Waals surface area contributed by atoms with Crippen molar-refractivity contribution in [3.8, 4) is 17.3 Å². The lowest BCUT2D eigenvalue weighted by Crippen LogP contribution is -2.51. The molecule has 0 radical (unpaired) electrons. The average Bonchev–Trinajstić information content (AvgIpc) is 3.71. The summed E-state index contributed by atoms with van der Waals surface area (Å²) in [6.07, 6.45) is 9.37. The molecule has 0 N–H and O–H groups in total. The van der Waals surface area contributed by atoms with Crippen LogP contribution in [0.1, 0.15) is 88.3 Å². The number of aromatic nitrogens is 4. The number of benzene rings is 1. The van der Waals surface area contributed by atoms with E-state index in [-0.39, 0.29) is 47.9 Å². The molecule has 216 valence electrons. The number of methoxy groups -OCH3 is 1. The predicted octanol–water partition coefficient (Wildman–Crippen LogP) is 6.47. The maximum absolute atomic E-state index is 13.8. The summed E-state index contributed by atoms with van der Waals surface area (Å²) >= 11 is 0. The molecule has 1 amide bonds. The number of amides is 1. The lowest BCUT2D eigenvalue weighted by molar-refractivity contribution is -0.132. The third-order valence-corrected chi connectivity index (χ3v) is 9.94. The Bertz CT molecular complexity index is 1420. The summed E-state index contributed by atoms with van der Waals surface area (Å²) in [4.78, 5) is 29.0. The molecule has 0 aliphatic heterocycles. The van der Waals surface area contributed by atoms with Gasteiger partial charge in [-0.25, -0.2) is 13.8 Å². The van der Waals surface area contributed by atoms with Crippen LogP contribution in [0.5, 0.6) is 6.01 Å². The van der Waals surface area contributed by atoms with Gasteiger partial charge in [0.05, 0.1) is 12.8 Å². The lowest BCUT2D eigenvalue weighted by Gasteiger charge is -2.53. The smallest absolute Gasteiger partial charge is 0.316 e. The first kappa shape index (κ1) is 26.5. The zero-order chi connectivity index (χ0) is 28.2. The molecule has 5 aliphatic rings. The monoisotopic (exact) mass is 563 g/mol. The highest BCUT2D eigenvalue weighted by atomic mass is 19.3. The topological polar surface area (TPSA) is 94.2 Å². The molecule has 2 heterocycles. The van der Waals surface area contributed by atoms with Crippen LogP contribution in [0.2, 0.25) is 0 Å². The summed E-state index contributed by atoms with van der Waals surface area (Å²) in [5, 5.41) is 4.28. The van der Waals surface area contributed by atoms with E-state index in [4.69, 9.17) is 14.2 Å². The fourth-order valence-corrected chi connectivity index (χ4v) is 7.16. The minimum Gasteiger partial charge on any atom is -0.467 e. The fraction of sp³-hybridized carbons (Fsp3) is 0.581. The van der Waals surface area contributed by atoms with Crippen LogP contribution in [-0.4, -0.2) is 45.6 Å². The van der Waals surface area contributed by atoms with E-state index in [1.807, 2.05) is 29.2 Å². The molecular formula is C31H35F2N5O3. The van der Waals surface area contributed by atoms with Gasteiger partial charge in [-0.15, -0.1) is 0 Å². The zero-order valence-corrected chi connectivity index (χ0v) is 23.3. The Kier molecular flexibility index (Phi) is 6.35. The Hall–Kier alpha value is -3.43. The Balaban J connectivity index is 1.13. The van der Waals surface area contributed by atoms with E-state index in [0.717, 1.165) is 74.3 Å². The quantitative estimate of drug-likeness (QED) is 0.294. The minimum absolute atomic E-state index is 0.0333. The van der Waals surface area contributed by atoms with Crippen LogP contribution < -0.4 is 9.64 Å². The van der Waals surface area contributed by atoms with Gasteiger partial charge in [0.25, 0.3) is 0 Å². The van der Waals surface area contributed by atoms with E-state index < -0.39 is 5.92 Å². The molecule has 0 saturated heterocycles. The number of fused-ring (bicyclic) bond motifs is 3. The van der Waals surface area contributed by atoms with Crippen molar-refractivity contribution in [2.75, 3.05) is 18.6 Å². The van der Waals surface area contributed by atoms with Gasteiger partial charge in [-0.1, -0.05) is 17.3 Å². The van der Waals surface area contributed by atoms with E-state index in [2.05, 4.69) is 15.1 Å². The summed E-state index contributed by atoms with van der Waals surface area (Å²) in [5.74, 6) is -0.911. The molecule has 5 saturated carbocycles. The van der Waals surface area contributed by atoms with Crippen LogP contribution in [-0.2, 0) is 10.2 Å². The number of anilines is 1. The zero-order valence-electron chi connectivity index (χ0n) is 23.3. The number of hydrogen-bond donors (Lipinski definition) is 0. The lowest BCUT2D eigenvalue weighted by atomic mass is 9.53. The summed E-state index contributed by atoms with van der Waals surface area (Å²) < 4.78 is 38.2. The number of halogens is 2. The molecule has 0 spiro atoms. The maximum Gasteiger partial charge on any atom is 0.316 e. The SMILES string of the molecule is COc1nccc(-c2cccc(N(CC34CCC(c5nc(C6CC6)no5)(CC3)CC4)C(=O)CC3CC(F)(F)C3)c2)n1.